The van der Waals surface area contributed by atoms with Crippen molar-refractivity contribution in [1.82, 2.24) is 15.0 Å². The van der Waals surface area contributed by atoms with Crippen LogP contribution in [0.2, 0.25) is 0 Å². The summed E-state index contributed by atoms with van der Waals surface area (Å²) in [5.74, 6) is 4.56. The second kappa shape index (κ2) is 9.86. The predicted octanol–water partition coefficient (Wildman–Crippen LogP) is 2.88. The van der Waals surface area contributed by atoms with Gasteiger partial charge in [-0.1, -0.05) is 0 Å². The van der Waals surface area contributed by atoms with E-state index in [9.17, 15) is 8.60 Å². The summed E-state index contributed by atoms with van der Waals surface area (Å²) in [7, 11) is -2.42. The van der Waals surface area contributed by atoms with Gasteiger partial charge in [-0.25, -0.2) is 23.6 Å². The zero-order valence-electron chi connectivity index (χ0n) is 18.4. The molecular formula is C22H26FN5O4S. The summed E-state index contributed by atoms with van der Waals surface area (Å²) in [6.07, 6.45) is 3.83. The molecule has 1 fully saturated rings. The fourth-order valence-electron chi connectivity index (χ4n) is 3.62. The van der Waals surface area contributed by atoms with Gasteiger partial charge >= 0.3 is 0 Å². The lowest BCUT2D eigenvalue weighted by atomic mass is 10.1. The van der Waals surface area contributed by atoms with Crippen molar-refractivity contribution in [3.63, 3.8) is 0 Å². The largest absolute Gasteiger partial charge is 0.468 e. The number of rotatable bonds is 9. The topological polar surface area (TPSA) is 107 Å². The lowest BCUT2D eigenvalue weighted by Crippen LogP contribution is -2.33. The van der Waals surface area contributed by atoms with E-state index in [-0.39, 0.29) is 12.7 Å². The molecule has 4 rings (SSSR count). The van der Waals surface area contributed by atoms with Crippen LogP contribution in [0.25, 0.3) is 10.9 Å². The van der Waals surface area contributed by atoms with E-state index >= 15 is 0 Å². The number of hydrogen-bond acceptors (Lipinski definition) is 8. The van der Waals surface area contributed by atoms with Crippen molar-refractivity contribution in [3.8, 4) is 5.88 Å². The number of halogens is 1. The van der Waals surface area contributed by atoms with Crippen LogP contribution in [0, 0.1) is 6.92 Å². The van der Waals surface area contributed by atoms with E-state index in [0.717, 1.165) is 10.9 Å². The van der Waals surface area contributed by atoms with Crippen LogP contribution in [-0.4, -0.2) is 70.0 Å². The lowest BCUT2D eigenvalue weighted by molar-refractivity contribution is -0.00636. The third-order valence-corrected chi connectivity index (χ3v) is 5.61. The molecule has 1 aliphatic heterocycles. The smallest absolute Gasteiger partial charge is 0.238 e. The maximum atomic E-state index is 12.5. The molecule has 9 nitrogen and oxygen atoms in total. The SMILES string of the molecule is C=S(C)(=O)Nc1cc(C)c2c(Nc3cccnc3OC3COCC3OCCF)ncnc2c1. The second-order valence-corrected chi connectivity index (χ2v) is 10.0. The molecule has 2 N–H and O–H groups in total. The highest BCUT2D eigenvalue weighted by Crippen LogP contribution is 2.32. The summed E-state index contributed by atoms with van der Waals surface area (Å²) in [6.45, 7) is 2.01. The first-order valence-corrected chi connectivity index (χ1v) is 12.5. The molecule has 33 heavy (non-hydrogen) atoms. The Balaban J connectivity index is 1.61. The Labute approximate surface area is 191 Å². The monoisotopic (exact) mass is 475 g/mol. The molecule has 1 aliphatic rings. The van der Waals surface area contributed by atoms with Crippen molar-refractivity contribution in [1.29, 1.82) is 0 Å². The molecule has 0 radical (unpaired) electrons. The average molecular weight is 476 g/mol. The summed E-state index contributed by atoms with van der Waals surface area (Å²) in [4.78, 5) is 13.1. The third kappa shape index (κ3) is 5.67. The molecule has 0 bridgehead atoms. The van der Waals surface area contributed by atoms with Crippen molar-refractivity contribution in [2.75, 3.05) is 42.8 Å². The van der Waals surface area contributed by atoms with E-state index in [4.69, 9.17) is 14.2 Å². The van der Waals surface area contributed by atoms with Gasteiger partial charge in [0.15, 0.2) is 6.10 Å². The number of nitrogens with zero attached hydrogens (tertiary/aromatic N) is 3. The maximum Gasteiger partial charge on any atom is 0.238 e. The van der Waals surface area contributed by atoms with E-state index < -0.39 is 22.5 Å². The molecule has 3 atom stereocenters. The van der Waals surface area contributed by atoms with Gasteiger partial charge in [-0.2, -0.15) is 0 Å². The number of hydrogen-bond donors (Lipinski definition) is 2. The van der Waals surface area contributed by atoms with Gasteiger partial charge in [-0.15, -0.1) is 0 Å². The molecule has 3 unspecified atom stereocenters. The van der Waals surface area contributed by atoms with Crippen LogP contribution in [0.15, 0.2) is 36.8 Å². The van der Waals surface area contributed by atoms with Crippen LogP contribution >= 0.6 is 0 Å². The van der Waals surface area contributed by atoms with Crippen molar-refractivity contribution >= 4 is 43.7 Å². The minimum absolute atomic E-state index is 0.00859. The number of alkyl halides is 1. The second-order valence-electron chi connectivity index (χ2n) is 7.79. The molecule has 0 amide bonds. The molecule has 2 aromatic heterocycles. The highest BCUT2D eigenvalue weighted by atomic mass is 32.2. The Hall–Kier alpha value is -3.02. The van der Waals surface area contributed by atoms with E-state index in [1.807, 2.05) is 19.1 Å². The number of anilines is 3. The summed E-state index contributed by atoms with van der Waals surface area (Å²) in [6, 6.07) is 7.27. The number of aromatic nitrogens is 3. The van der Waals surface area contributed by atoms with Crippen molar-refractivity contribution < 1.29 is 22.8 Å². The Morgan fingerprint density at radius 1 is 1.27 bits per heavy atom. The molecule has 3 aromatic rings. The summed E-state index contributed by atoms with van der Waals surface area (Å²) >= 11 is 0. The van der Waals surface area contributed by atoms with Crippen molar-refractivity contribution in [3.05, 3.63) is 42.4 Å². The Morgan fingerprint density at radius 2 is 2.09 bits per heavy atom. The van der Waals surface area contributed by atoms with Gasteiger partial charge in [0.1, 0.15) is 30.6 Å². The molecule has 0 aliphatic carbocycles. The minimum atomic E-state index is -2.42. The molecule has 11 heteroatoms. The first kappa shape index (κ1) is 23.1. The van der Waals surface area contributed by atoms with Crippen LogP contribution in [0.5, 0.6) is 5.88 Å². The van der Waals surface area contributed by atoms with Crippen molar-refractivity contribution in [2.45, 2.75) is 19.1 Å². The third-order valence-electron chi connectivity index (χ3n) is 4.94. The highest BCUT2D eigenvalue weighted by molar-refractivity contribution is 8.00. The van der Waals surface area contributed by atoms with Crippen LogP contribution in [0.4, 0.5) is 21.6 Å². The normalized spacial score (nSPS) is 19.8. The summed E-state index contributed by atoms with van der Waals surface area (Å²) in [5, 5.41) is 4.09. The quantitative estimate of drug-likeness (QED) is 0.455. The first-order chi connectivity index (χ1) is 15.8. The minimum Gasteiger partial charge on any atom is -0.468 e. The number of nitrogens with one attached hydrogen (secondary N) is 2. The first-order valence-electron chi connectivity index (χ1n) is 10.3. The number of fused-ring (bicyclic) bond motifs is 1. The molecule has 1 aromatic carbocycles. The van der Waals surface area contributed by atoms with Crippen molar-refractivity contribution in [2.24, 2.45) is 0 Å². The van der Waals surface area contributed by atoms with E-state index in [2.05, 4.69) is 30.9 Å². The molecule has 1 saturated heterocycles. The van der Waals surface area contributed by atoms with Crippen LogP contribution in [0.3, 0.4) is 0 Å². The fourth-order valence-corrected chi connectivity index (χ4v) is 4.24. The van der Waals surface area contributed by atoms with Crippen LogP contribution in [-0.2, 0) is 19.2 Å². The van der Waals surface area contributed by atoms with Gasteiger partial charge in [-0.3, -0.25) is 0 Å². The summed E-state index contributed by atoms with van der Waals surface area (Å²) < 4.78 is 44.5. The molecule has 0 spiro atoms. The fraction of sp³-hybridized carbons (Fsp3) is 0.364. The number of pyridine rings is 1. The zero-order chi connectivity index (χ0) is 23.4. The Kier molecular flexibility index (Phi) is 6.91. The van der Waals surface area contributed by atoms with Gasteiger partial charge in [0, 0.05) is 33.2 Å². The van der Waals surface area contributed by atoms with E-state index in [1.165, 1.54) is 12.6 Å². The molecule has 176 valence electrons. The zero-order valence-corrected chi connectivity index (χ0v) is 19.2. The van der Waals surface area contributed by atoms with Crippen LogP contribution < -0.4 is 14.8 Å². The standard InChI is InChI=1S/C22H26FN5O4S/c1-14-9-15(28-33(2,3)29)10-17-20(14)21(26-13-25-17)27-16-5-4-7-24-22(16)32-19-12-30-11-18(19)31-8-6-23/h4-5,7,9-10,13,18-19H,2,6,8,11-12H2,1,3H3,(H,28,29)(H,25,26,27). The number of aryl methyl sites for hydroxylation is 1. The van der Waals surface area contributed by atoms with Gasteiger partial charge in [-0.05, 0) is 42.6 Å². The molecule has 0 saturated carbocycles. The van der Waals surface area contributed by atoms with Gasteiger partial charge in [0.2, 0.25) is 5.88 Å². The Morgan fingerprint density at radius 3 is 2.88 bits per heavy atom. The highest BCUT2D eigenvalue weighted by Gasteiger charge is 2.32. The van der Waals surface area contributed by atoms with Gasteiger partial charge in [0.25, 0.3) is 0 Å². The molecular weight excluding hydrogens is 449 g/mol. The summed E-state index contributed by atoms with van der Waals surface area (Å²) in [5.41, 5.74) is 2.83. The van der Waals surface area contributed by atoms with Gasteiger partial charge in [0.05, 0.1) is 25.3 Å². The average Bonchev–Trinajstić information content (AvgIpc) is 3.19. The van der Waals surface area contributed by atoms with Gasteiger partial charge < -0.3 is 24.2 Å². The number of benzene rings is 1. The number of ether oxygens (including phenoxy) is 3. The predicted molar refractivity (Wildman–Crippen MR) is 128 cm³/mol. The van der Waals surface area contributed by atoms with Crippen LogP contribution in [0.1, 0.15) is 5.56 Å². The lowest BCUT2D eigenvalue weighted by Gasteiger charge is -2.20. The molecule has 3 heterocycles. The Bertz CT molecular complexity index is 1240. The van der Waals surface area contributed by atoms with E-state index in [0.29, 0.717) is 41.8 Å². The maximum absolute atomic E-state index is 12.5. The van der Waals surface area contributed by atoms with E-state index in [1.54, 1.807) is 18.3 Å².